The van der Waals surface area contributed by atoms with E-state index in [-0.39, 0.29) is 6.61 Å². The first-order valence-corrected chi connectivity index (χ1v) is 4.81. The molecule has 0 aliphatic heterocycles. The minimum Gasteiger partial charge on any atom is -0.396 e. The Balaban J connectivity index is 2.78. The summed E-state index contributed by atoms with van der Waals surface area (Å²) in [5.41, 5.74) is -0.353. The third kappa shape index (κ3) is 3.95. The Morgan fingerprint density at radius 3 is 2.62 bits per heavy atom. The summed E-state index contributed by atoms with van der Waals surface area (Å²) in [6, 6.07) is 4.89. The minimum absolute atomic E-state index is 0.0390. The number of aliphatic hydroxyl groups excluding tert-OH is 1. The molecule has 16 heavy (non-hydrogen) atoms. The van der Waals surface area contributed by atoms with Crippen LogP contribution in [0.5, 0.6) is 0 Å². The lowest BCUT2D eigenvalue weighted by atomic mass is 10.1. The van der Waals surface area contributed by atoms with Crippen LogP contribution in [0.25, 0.3) is 0 Å². The van der Waals surface area contributed by atoms with Gasteiger partial charge in [-0.25, -0.2) is 0 Å². The Bertz CT molecular complexity index is 399. The van der Waals surface area contributed by atoms with E-state index in [2.05, 4.69) is 11.8 Å². The number of hydrogen-bond donors (Lipinski definition) is 1. The maximum absolute atomic E-state index is 12.3. The van der Waals surface area contributed by atoms with Gasteiger partial charge in [0.2, 0.25) is 0 Å². The molecule has 0 saturated carbocycles. The molecule has 0 fully saturated rings. The van der Waals surface area contributed by atoms with Crippen LogP contribution in [0.4, 0.5) is 13.2 Å². The second kappa shape index (κ2) is 5.57. The highest BCUT2D eigenvalue weighted by atomic mass is 19.4. The molecule has 0 aliphatic carbocycles. The number of halogens is 3. The average molecular weight is 228 g/mol. The summed E-state index contributed by atoms with van der Waals surface area (Å²) in [6.07, 6.45) is -3.32. The smallest absolute Gasteiger partial charge is 0.396 e. The van der Waals surface area contributed by atoms with E-state index in [1.54, 1.807) is 0 Å². The molecule has 0 atom stereocenters. The third-order valence-corrected chi connectivity index (χ3v) is 1.88. The molecule has 0 heterocycles. The first kappa shape index (κ1) is 12.6. The van der Waals surface area contributed by atoms with Crippen LogP contribution in [0.1, 0.15) is 24.0 Å². The molecule has 0 unspecified atom stereocenters. The second-order valence-electron chi connectivity index (χ2n) is 3.21. The standard InChI is InChI=1S/C12H11F3O/c13-12(14,15)11-7-4-6-10(9-11)5-2-1-3-8-16/h4,6-7,9,16H,1,3,8H2. The van der Waals surface area contributed by atoms with Crippen LogP contribution >= 0.6 is 0 Å². The summed E-state index contributed by atoms with van der Waals surface area (Å²) in [5, 5.41) is 8.50. The van der Waals surface area contributed by atoms with E-state index in [4.69, 9.17) is 5.11 Å². The van der Waals surface area contributed by atoms with Crippen molar-refractivity contribution >= 4 is 0 Å². The van der Waals surface area contributed by atoms with E-state index < -0.39 is 11.7 Å². The van der Waals surface area contributed by atoms with Crippen molar-refractivity contribution < 1.29 is 18.3 Å². The fraction of sp³-hybridized carbons (Fsp3) is 0.333. The minimum atomic E-state index is -4.33. The van der Waals surface area contributed by atoms with Crippen molar-refractivity contribution in [2.45, 2.75) is 19.0 Å². The van der Waals surface area contributed by atoms with E-state index in [9.17, 15) is 13.2 Å². The topological polar surface area (TPSA) is 20.2 Å². The maximum Gasteiger partial charge on any atom is 0.416 e. The Morgan fingerprint density at radius 2 is 2.00 bits per heavy atom. The second-order valence-corrected chi connectivity index (χ2v) is 3.21. The van der Waals surface area contributed by atoms with Crippen LogP contribution in [-0.2, 0) is 6.18 Å². The van der Waals surface area contributed by atoms with Gasteiger partial charge in [0.05, 0.1) is 5.56 Å². The summed E-state index contributed by atoms with van der Waals surface area (Å²) >= 11 is 0. The quantitative estimate of drug-likeness (QED) is 0.609. The molecule has 0 aromatic heterocycles. The normalized spacial score (nSPS) is 10.8. The van der Waals surface area contributed by atoms with E-state index in [0.29, 0.717) is 18.4 Å². The van der Waals surface area contributed by atoms with Crippen molar-refractivity contribution in [1.29, 1.82) is 0 Å². The molecule has 1 aromatic carbocycles. The molecule has 0 saturated heterocycles. The van der Waals surface area contributed by atoms with Gasteiger partial charge in [-0.1, -0.05) is 17.9 Å². The predicted molar refractivity (Wildman–Crippen MR) is 54.6 cm³/mol. The van der Waals surface area contributed by atoms with Crippen molar-refractivity contribution in [3.05, 3.63) is 35.4 Å². The molecule has 0 aliphatic rings. The lowest BCUT2D eigenvalue weighted by Crippen LogP contribution is -2.04. The van der Waals surface area contributed by atoms with Crippen LogP contribution in [0.15, 0.2) is 24.3 Å². The highest BCUT2D eigenvalue weighted by Crippen LogP contribution is 2.29. The lowest BCUT2D eigenvalue weighted by Gasteiger charge is -2.05. The molecule has 0 radical (unpaired) electrons. The van der Waals surface area contributed by atoms with Gasteiger partial charge in [-0.2, -0.15) is 13.2 Å². The van der Waals surface area contributed by atoms with E-state index >= 15 is 0 Å². The summed E-state index contributed by atoms with van der Waals surface area (Å²) in [5.74, 6) is 5.33. The third-order valence-electron chi connectivity index (χ3n) is 1.88. The highest BCUT2D eigenvalue weighted by Gasteiger charge is 2.30. The molecular formula is C12H11F3O. The molecule has 4 heteroatoms. The van der Waals surface area contributed by atoms with E-state index in [1.807, 2.05) is 0 Å². The Kier molecular flexibility index (Phi) is 4.39. The number of aliphatic hydroxyl groups is 1. The zero-order chi connectivity index (χ0) is 12.0. The van der Waals surface area contributed by atoms with Gasteiger partial charge in [-0.3, -0.25) is 0 Å². The largest absolute Gasteiger partial charge is 0.416 e. The number of hydrogen-bond acceptors (Lipinski definition) is 1. The average Bonchev–Trinajstić information content (AvgIpc) is 2.24. The summed E-state index contributed by atoms with van der Waals surface area (Å²) in [7, 11) is 0. The van der Waals surface area contributed by atoms with Gasteiger partial charge < -0.3 is 5.11 Å². The van der Waals surface area contributed by atoms with Crippen LogP contribution in [0.3, 0.4) is 0 Å². The van der Waals surface area contributed by atoms with Gasteiger partial charge in [0.25, 0.3) is 0 Å². The number of benzene rings is 1. The number of rotatable bonds is 2. The summed E-state index contributed by atoms with van der Waals surface area (Å²) in [6.45, 7) is 0.0390. The van der Waals surface area contributed by atoms with E-state index in [1.165, 1.54) is 12.1 Å². The lowest BCUT2D eigenvalue weighted by molar-refractivity contribution is -0.137. The fourth-order valence-electron chi connectivity index (χ4n) is 1.11. The van der Waals surface area contributed by atoms with Gasteiger partial charge in [-0.05, 0) is 24.6 Å². The SMILES string of the molecule is OCCCC#Cc1cccc(C(F)(F)F)c1. The molecule has 0 bridgehead atoms. The Labute approximate surface area is 91.9 Å². The molecule has 0 amide bonds. The van der Waals surface area contributed by atoms with Gasteiger partial charge in [-0.15, -0.1) is 0 Å². The van der Waals surface area contributed by atoms with Gasteiger partial charge in [0.1, 0.15) is 0 Å². The molecule has 1 aromatic rings. The van der Waals surface area contributed by atoms with Crippen molar-refractivity contribution in [2.75, 3.05) is 6.61 Å². The Morgan fingerprint density at radius 1 is 1.25 bits per heavy atom. The zero-order valence-corrected chi connectivity index (χ0v) is 8.51. The first-order chi connectivity index (χ1) is 7.54. The molecule has 1 rings (SSSR count). The molecule has 1 nitrogen and oxygen atoms in total. The monoisotopic (exact) mass is 228 g/mol. The molecule has 86 valence electrons. The molecule has 1 N–H and O–H groups in total. The first-order valence-electron chi connectivity index (χ1n) is 4.81. The molecular weight excluding hydrogens is 217 g/mol. The number of alkyl halides is 3. The predicted octanol–water partition coefficient (Wildman–Crippen LogP) is 2.83. The zero-order valence-electron chi connectivity index (χ0n) is 8.51. The fourth-order valence-corrected chi connectivity index (χ4v) is 1.11. The van der Waals surface area contributed by atoms with Crippen molar-refractivity contribution in [3.63, 3.8) is 0 Å². The van der Waals surface area contributed by atoms with Crippen LogP contribution < -0.4 is 0 Å². The molecule has 0 spiro atoms. The maximum atomic E-state index is 12.3. The van der Waals surface area contributed by atoms with Gasteiger partial charge in [0.15, 0.2) is 0 Å². The van der Waals surface area contributed by atoms with E-state index in [0.717, 1.165) is 12.1 Å². The van der Waals surface area contributed by atoms with Crippen LogP contribution in [0, 0.1) is 11.8 Å². The summed E-state index contributed by atoms with van der Waals surface area (Å²) in [4.78, 5) is 0. The highest BCUT2D eigenvalue weighted by molar-refractivity contribution is 5.37. The van der Waals surface area contributed by atoms with Crippen molar-refractivity contribution in [1.82, 2.24) is 0 Å². The van der Waals surface area contributed by atoms with Gasteiger partial charge >= 0.3 is 6.18 Å². The number of unbranched alkanes of at least 4 members (excludes halogenated alkanes) is 1. The van der Waals surface area contributed by atoms with Crippen molar-refractivity contribution in [3.8, 4) is 11.8 Å². The van der Waals surface area contributed by atoms with Gasteiger partial charge in [0, 0.05) is 18.6 Å². The Hall–Kier alpha value is -1.47. The van der Waals surface area contributed by atoms with Crippen LogP contribution in [-0.4, -0.2) is 11.7 Å². The van der Waals surface area contributed by atoms with Crippen molar-refractivity contribution in [2.24, 2.45) is 0 Å². The van der Waals surface area contributed by atoms with Crippen LogP contribution in [0.2, 0.25) is 0 Å². The summed E-state index contributed by atoms with van der Waals surface area (Å²) < 4.78 is 37.0.